The van der Waals surface area contributed by atoms with E-state index in [1.807, 2.05) is 67.2 Å². The first kappa shape index (κ1) is 17.3. The Hall–Kier alpha value is -2.53. The van der Waals surface area contributed by atoms with Gasteiger partial charge in [-0.25, -0.2) is 0 Å². The first-order valence-corrected chi connectivity index (χ1v) is 8.69. The molecule has 130 valence electrons. The summed E-state index contributed by atoms with van der Waals surface area (Å²) in [5, 5.41) is 7.74. The highest BCUT2D eigenvalue weighted by Gasteiger charge is 2.21. The van der Waals surface area contributed by atoms with Crippen molar-refractivity contribution in [2.24, 2.45) is 0 Å². The van der Waals surface area contributed by atoms with Crippen LogP contribution < -0.4 is 5.32 Å². The molecule has 2 heterocycles. The van der Waals surface area contributed by atoms with Crippen molar-refractivity contribution in [3.8, 4) is 5.69 Å². The molecule has 1 aromatic carbocycles. The van der Waals surface area contributed by atoms with E-state index in [1.54, 1.807) is 17.1 Å². The van der Waals surface area contributed by atoms with Crippen LogP contribution in [0.2, 0.25) is 5.02 Å². The number of hydrogen-bond acceptors (Lipinski definition) is 2. The van der Waals surface area contributed by atoms with Crippen LogP contribution >= 0.6 is 11.6 Å². The highest BCUT2D eigenvalue weighted by atomic mass is 35.5. The molecule has 0 aliphatic heterocycles. The average Bonchev–Trinajstić information content (AvgIpc) is 3.28. The molecule has 25 heavy (non-hydrogen) atoms. The van der Waals surface area contributed by atoms with Gasteiger partial charge in [-0.1, -0.05) is 30.7 Å². The van der Waals surface area contributed by atoms with E-state index in [2.05, 4.69) is 10.4 Å². The molecule has 6 heteroatoms. The third kappa shape index (κ3) is 3.94. The fourth-order valence-electron chi connectivity index (χ4n) is 2.81. The van der Waals surface area contributed by atoms with Crippen LogP contribution in [0.3, 0.4) is 0 Å². The van der Waals surface area contributed by atoms with Crippen LogP contribution in [0.25, 0.3) is 5.69 Å². The largest absolute Gasteiger partial charge is 0.348 e. The van der Waals surface area contributed by atoms with Gasteiger partial charge >= 0.3 is 0 Å². The number of hydrogen-bond donors (Lipinski definition) is 1. The summed E-state index contributed by atoms with van der Waals surface area (Å²) in [5.41, 5.74) is 2.14. The quantitative estimate of drug-likeness (QED) is 0.721. The number of amides is 1. The van der Waals surface area contributed by atoms with Gasteiger partial charge in [0.2, 0.25) is 5.91 Å². The van der Waals surface area contributed by atoms with E-state index in [9.17, 15) is 4.79 Å². The molecule has 5 nitrogen and oxygen atoms in total. The monoisotopic (exact) mass is 356 g/mol. The van der Waals surface area contributed by atoms with Gasteiger partial charge in [-0.3, -0.25) is 9.48 Å². The van der Waals surface area contributed by atoms with E-state index in [0.29, 0.717) is 11.4 Å². The number of carbonyl (C=O) groups excluding carboxylic acids is 1. The molecular formula is C19H21ClN4O. The van der Waals surface area contributed by atoms with Crippen molar-refractivity contribution in [2.45, 2.75) is 32.4 Å². The average molecular weight is 357 g/mol. The molecule has 0 saturated heterocycles. The van der Waals surface area contributed by atoms with E-state index in [1.165, 1.54) is 0 Å². The van der Waals surface area contributed by atoms with Crippen molar-refractivity contribution in [1.29, 1.82) is 0 Å². The molecule has 1 N–H and O–H groups in total. The van der Waals surface area contributed by atoms with Crippen molar-refractivity contribution in [3.05, 3.63) is 71.8 Å². The van der Waals surface area contributed by atoms with Gasteiger partial charge in [0.25, 0.3) is 0 Å². The van der Waals surface area contributed by atoms with Crippen LogP contribution in [0.1, 0.15) is 37.9 Å². The Bertz CT molecular complexity index is 823. The molecule has 1 amide bonds. The Morgan fingerprint density at radius 2 is 1.92 bits per heavy atom. The standard InChI is InChI=1S/C19H21ClN4O/c1-3-18(24-13-16(20)12-21-24)19(25)22-14(2)15-6-8-17(9-7-15)23-10-4-5-11-23/h4-14,18H,3H2,1-2H3,(H,22,25). The molecular weight excluding hydrogens is 336 g/mol. The van der Waals surface area contributed by atoms with Crippen molar-refractivity contribution in [3.63, 3.8) is 0 Å². The van der Waals surface area contributed by atoms with Gasteiger partial charge in [-0.15, -0.1) is 0 Å². The molecule has 0 spiro atoms. The lowest BCUT2D eigenvalue weighted by Crippen LogP contribution is -2.34. The summed E-state index contributed by atoms with van der Waals surface area (Å²) in [5.74, 6) is -0.0655. The predicted octanol–water partition coefficient (Wildman–Crippen LogP) is 4.16. The highest BCUT2D eigenvalue weighted by Crippen LogP contribution is 2.19. The number of benzene rings is 1. The molecule has 3 rings (SSSR count). The maximum Gasteiger partial charge on any atom is 0.245 e. The highest BCUT2D eigenvalue weighted by molar-refractivity contribution is 6.30. The number of nitrogens with one attached hydrogen (secondary N) is 1. The number of rotatable bonds is 6. The van der Waals surface area contributed by atoms with Crippen LogP contribution in [0.15, 0.2) is 61.2 Å². The molecule has 0 saturated carbocycles. The lowest BCUT2D eigenvalue weighted by molar-refractivity contribution is -0.125. The van der Waals surface area contributed by atoms with E-state index >= 15 is 0 Å². The Labute approximate surface area is 152 Å². The minimum Gasteiger partial charge on any atom is -0.348 e. The number of nitrogens with zero attached hydrogens (tertiary/aromatic N) is 3. The SMILES string of the molecule is CCC(C(=O)NC(C)c1ccc(-n2cccc2)cc1)n1cc(Cl)cn1. The van der Waals surface area contributed by atoms with Crippen LogP contribution in [0.5, 0.6) is 0 Å². The summed E-state index contributed by atoms with van der Waals surface area (Å²) < 4.78 is 3.65. The van der Waals surface area contributed by atoms with Crippen molar-refractivity contribution in [1.82, 2.24) is 19.7 Å². The third-order valence-corrected chi connectivity index (χ3v) is 4.43. The second-order valence-electron chi connectivity index (χ2n) is 5.97. The first-order valence-electron chi connectivity index (χ1n) is 8.32. The topological polar surface area (TPSA) is 51.9 Å². The minimum absolute atomic E-state index is 0.0655. The summed E-state index contributed by atoms with van der Waals surface area (Å²) >= 11 is 5.91. The van der Waals surface area contributed by atoms with Gasteiger partial charge in [0, 0.05) is 24.3 Å². The summed E-state index contributed by atoms with van der Waals surface area (Å²) in [4.78, 5) is 12.6. The molecule has 0 radical (unpaired) electrons. The summed E-state index contributed by atoms with van der Waals surface area (Å²) in [6.07, 6.45) is 7.86. The van der Waals surface area contributed by atoms with Gasteiger partial charge in [-0.05, 0) is 43.2 Å². The Morgan fingerprint density at radius 3 is 2.48 bits per heavy atom. The zero-order chi connectivity index (χ0) is 17.8. The maximum absolute atomic E-state index is 12.6. The van der Waals surface area contributed by atoms with Gasteiger partial charge in [0.15, 0.2) is 0 Å². The smallest absolute Gasteiger partial charge is 0.245 e. The minimum atomic E-state index is -0.367. The van der Waals surface area contributed by atoms with Crippen LogP contribution in [-0.4, -0.2) is 20.3 Å². The Balaban J connectivity index is 1.68. The normalized spacial score (nSPS) is 13.4. The fraction of sp³-hybridized carbons (Fsp3) is 0.263. The molecule has 0 bridgehead atoms. The molecule has 2 atom stereocenters. The molecule has 2 unspecified atom stereocenters. The van der Waals surface area contributed by atoms with E-state index in [-0.39, 0.29) is 18.0 Å². The zero-order valence-corrected chi connectivity index (χ0v) is 15.0. The fourth-order valence-corrected chi connectivity index (χ4v) is 2.96. The lowest BCUT2D eigenvalue weighted by atomic mass is 10.1. The van der Waals surface area contributed by atoms with E-state index in [0.717, 1.165) is 11.3 Å². The van der Waals surface area contributed by atoms with Gasteiger partial charge in [0.1, 0.15) is 6.04 Å². The van der Waals surface area contributed by atoms with E-state index < -0.39 is 0 Å². The van der Waals surface area contributed by atoms with Crippen molar-refractivity contribution >= 4 is 17.5 Å². The summed E-state index contributed by atoms with van der Waals surface area (Å²) in [7, 11) is 0. The summed E-state index contributed by atoms with van der Waals surface area (Å²) in [6.45, 7) is 3.93. The molecule has 0 aliphatic rings. The number of halogens is 1. The van der Waals surface area contributed by atoms with Gasteiger partial charge < -0.3 is 9.88 Å². The van der Waals surface area contributed by atoms with E-state index in [4.69, 9.17) is 11.6 Å². The Morgan fingerprint density at radius 1 is 1.24 bits per heavy atom. The van der Waals surface area contributed by atoms with Crippen molar-refractivity contribution < 1.29 is 4.79 Å². The van der Waals surface area contributed by atoms with Crippen LogP contribution in [0, 0.1) is 0 Å². The first-order chi connectivity index (χ1) is 12.1. The number of carbonyl (C=O) groups is 1. The molecule has 0 fully saturated rings. The third-order valence-electron chi connectivity index (χ3n) is 4.23. The molecule has 2 aromatic heterocycles. The molecule has 0 aliphatic carbocycles. The summed E-state index contributed by atoms with van der Waals surface area (Å²) in [6, 6.07) is 11.7. The van der Waals surface area contributed by atoms with Gasteiger partial charge in [0.05, 0.1) is 17.3 Å². The van der Waals surface area contributed by atoms with Crippen LogP contribution in [0.4, 0.5) is 0 Å². The Kier molecular flexibility index (Phi) is 5.24. The second kappa shape index (κ2) is 7.57. The maximum atomic E-state index is 12.6. The predicted molar refractivity (Wildman–Crippen MR) is 98.9 cm³/mol. The van der Waals surface area contributed by atoms with Crippen LogP contribution in [-0.2, 0) is 4.79 Å². The number of aromatic nitrogens is 3. The zero-order valence-electron chi connectivity index (χ0n) is 14.3. The molecule has 3 aromatic rings. The van der Waals surface area contributed by atoms with Gasteiger partial charge in [-0.2, -0.15) is 5.10 Å². The lowest BCUT2D eigenvalue weighted by Gasteiger charge is -2.20. The van der Waals surface area contributed by atoms with Crippen molar-refractivity contribution in [2.75, 3.05) is 0 Å². The second-order valence-corrected chi connectivity index (χ2v) is 6.41.